The van der Waals surface area contributed by atoms with Gasteiger partial charge in [0.1, 0.15) is 23.2 Å². The van der Waals surface area contributed by atoms with Gasteiger partial charge in [-0.1, -0.05) is 11.6 Å². The summed E-state index contributed by atoms with van der Waals surface area (Å²) in [6.07, 6.45) is -16.7. The maximum atomic E-state index is 13.7. The third-order valence-electron chi connectivity index (χ3n) is 4.66. The lowest BCUT2D eigenvalue weighted by Gasteiger charge is -2.24. The number of anilines is 2. The van der Waals surface area contributed by atoms with Crippen molar-refractivity contribution in [2.24, 2.45) is 0 Å². The van der Waals surface area contributed by atoms with E-state index in [9.17, 15) is 50.5 Å². The normalized spacial score (nSPS) is 18.7. The van der Waals surface area contributed by atoms with E-state index in [1.54, 1.807) is 0 Å². The number of pyridine rings is 2. The maximum Gasteiger partial charge on any atom is 0.433 e. The Balaban J connectivity index is 2.16. The van der Waals surface area contributed by atoms with E-state index in [0.29, 0.717) is 4.90 Å². The highest BCUT2D eigenvalue weighted by Gasteiger charge is 2.47. The van der Waals surface area contributed by atoms with Crippen molar-refractivity contribution < 1.29 is 55.3 Å². The molecule has 2 atom stereocenters. The van der Waals surface area contributed by atoms with Crippen molar-refractivity contribution in [1.82, 2.24) is 9.97 Å². The number of ether oxygens (including phenoxy) is 1. The zero-order valence-electron chi connectivity index (χ0n) is 17.0. The Morgan fingerprint density at radius 3 is 2.29 bits per heavy atom. The minimum absolute atomic E-state index is 0.120. The minimum Gasteiger partial charge on any atom is -0.405 e. The van der Waals surface area contributed by atoms with Gasteiger partial charge >= 0.3 is 18.4 Å². The summed E-state index contributed by atoms with van der Waals surface area (Å²) in [6.45, 7) is -0.957. The van der Waals surface area contributed by atoms with Crippen LogP contribution in [0.5, 0.6) is 5.75 Å². The number of nitrogens with zero attached hydrogens (tertiary/aromatic N) is 4. The van der Waals surface area contributed by atoms with Gasteiger partial charge in [0.25, 0.3) is 5.91 Å². The van der Waals surface area contributed by atoms with Crippen LogP contribution in [0.4, 0.5) is 47.2 Å². The molecular formula is C18H12ClF7N4O5. The molecule has 9 nitrogen and oxygen atoms in total. The summed E-state index contributed by atoms with van der Waals surface area (Å²) < 4.78 is 99.1. The molecule has 0 aromatic carbocycles. The topological polar surface area (TPSA) is 116 Å². The third-order valence-corrected chi connectivity index (χ3v) is 4.92. The lowest BCUT2D eigenvalue weighted by atomic mass is 10.1. The van der Waals surface area contributed by atoms with E-state index in [1.807, 2.05) is 0 Å². The average molecular weight is 533 g/mol. The monoisotopic (exact) mass is 532 g/mol. The summed E-state index contributed by atoms with van der Waals surface area (Å²) in [5, 5.41) is 18.6. The van der Waals surface area contributed by atoms with Crippen LogP contribution in [0.2, 0.25) is 5.15 Å². The van der Waals surface area contributed by atoms with Crippen LogP contribution < -0.4 is 14.5 Å². The van der Waals surface area contributed by atoms with E-state index < -0.39 is 88.8 Å². The Labute approximate surface area is 195 Å². The van der Waals surface area contributed by atoms with E-state index in [4.69, 9.17) is 16.3 Å². The van der Waals surface area contributed by atoms with Crippen molar-refractivity contribution in [2.45, 2.75) is 24.6 Å². The lowest BCUT2D eigenvalue weighted by molar-refractivity contribution is -0.146. The highest BCUT2D eigenvalue weighted by atomic mass is 35.5. The lowest BCUT2D eigenvalue weighted by Crippen LogP contribution is -2.34. The largest absolute Gasteiger partial charge is 0.433 e. The molecule has 1 aliphatic heterocycles. The van der Waals surface area contributed by atoms with Crippen LogP contribution in [-0.4, -0.2) is 58.0 Å². The van der Waals surface area contributed by atoms with Gasteiger partial charge in [0.2, 0.25) is 0 Å². The molecule has 3 heterocycles. The van der Waals surface area contributed by atoms with Gasteiger partial charge in [-0.15, -0.1) is 0 Å². The van der Waals surface area contributed by atoms with Gasteiger partial charge in [0.15, 0.2) is 28.6 Å². The second kappa shape index (κ2) is 9.09. The van der Waals surface area contributed by atoms with Crippen LogP contribution >= 0.6 is 11.6 Å². The fourth-order valence-electron chi connectivity index (χ4n) is 2.89. The van der Waals surface area contributed by atoms with Crippen LogP contribution in [0, 0.1) is 5.82 Å². The molecule has 1 saturated heterocycles. The second-order valence-corrected chi connectivity index (χ2v) is 7.39. The first kappa shape index (κ1) is 26.4. The predicted molar refractivity (Wildman–Crippen MR) is 102 cm³/mol. The molecule has 0 saturated carbocycles. The highest BCUT2D eigenvalue weighted by molar-refractivity contribution is 6.29. The van der Waals surface area contributed by atoms with Crippen LogP contribution in [0.1, 0.15) is 11.3 Å². The van der Waals surface area contributed by atoms with Crippen molar-refractivity contribution >= 4 is 35.2 Å². The Morgan fingerprint density at radius 1 is 1.17 bits per heavy atom. The zero-order chi connectivity index (χ0) is 26.5. The SMILES string of the molecule is CN(C(=O)Oc1c(C(F)(F)F)cc(C(F)(F)F)nc1N1CC(O)C(O)C1=O)c1ccc(F)c(Cl)n1. The molecule has 190 valence electrons. The molecule has 0 spiro atoms. The van der Waals surface area contributed by atoms with Gasteiger partial charge in [-0.3, -0.25) is 14.6 Å². The molecule has 2 unspecified atom stereocenters. The van der Waals surface area contributed by atoms with Crippen molar-refractivity contribution in [3.05, 3.63) is 40.4 Å². The first-order valence-corrected chi connectivity index (χ1v) is 9.54. The number of aromatic nitrogens is 2. The van der Waals surface area contributed by atoms with E-state index in [0.717, 1.165) is 19.2 Å². The van der Waals surface area contributed by atoms with E-state index >= 15 is 0 Å². The molecule has 2 aromatic heterocycles. The predicted octanol–water partition coefficient (Wildman–Crippen LogP) is 3.01. The molecular weight excluding hydrogens is 521 g/mol. The Hall–Kier alpha value is -3.24. The molecule has 0 radical (unpaired) electrons. The summed E-state index contributed by atoms with van der Waals surface area (Å²) in [7, 11) is 0.915. The van der Waals surface area contributed by atoms with E-state index in [-0.39, 0.29) is 4.90 Å². The summed E-state index contributed by atoms with van der Waals surface area (Å²) in [6, 6.07) is 1.23. The van der Waals surface area contributed by atoms with Crippen molar-refractivity contribution in [1.29, 1.82) is 0 Å². The molecule has 1 aliphatic rings. The smallest absolute Gasteiger partial charge is 0.405 e. The van der Waals surface area contributed by atoms with Crippen molar-refractivity contribution in [3.63, 3.8) is 0 Å². The second-order valence-electron chi connectivity index (χ2n) is 7.03. The van der Waals surface area contributed by atoms with Gasteiger partial charge in [-0.2, -0.15) is 26.3 Å². The highest BCUT2D eigenvalue weighted by Crippen LogP contribution is 2.45. The van der Waals surface area contributed by atoms with Crippen molar-refractivity contribution in [2.75, 3.05) is 23.4 Å². The first-order valence-electron chi connectivity index (χ1n) is 9.17. The van der Waals surface area contributed by atoms with E-state index in [1.165, 1.54) is 0 Å². The summed E-state index contributed by atoms with van der Waals surface area (Å²) in [4.78, 5) is 31.8. The summed E-state index contributed by atoms with van der Waals surface area (Å²) in [5.74, 6) is -5.95. The van der Waals surface area contributed by atoms with Gasteiger partial charge in [0.05, 0.1) is 6.54 Å². The van der Waals surface area contributed by atoms with Crippen LogP contribution in [-0.2, 0) is 17.1 Å². The van der Waals surface area contributed by atoms with Gasteiger partial charge in [0, 0.05) is 7.05 Å². The van der Waals surface area contributed by atoms with Gasteiger partial charge in [-0.05, 0) is 18.2 Å². The average Bonchev–Trinajstić information content (AvgIpc) is 3.00. The fraction of sp³-hybridized carbons (Fsp3) is 0.333. The Morgan fingerprint density at radius 2 is 1.80 bits per heavy atom. The molecule has 3 rings (SSSR count). The molecule has 2 N–H and O–H groups in total. The van der Waals surface area contributed by atoms with Gasteiger partial charge < -0.3 is 14.9 Å². The number of halogens is 8. The van der Waals surface area contributed by atoms with Crippen LogP contribution in [0.15, 0.2) is 18.2 Å². The Bertz CT molecular complexity index is 1180. The van der Waals surface area contributed by atoms with Gasteiger partial charge in [-0.25, -0.2) is 19.2 Å². The number of rotatable bonds is 3. The molecule has 35 heavy (non-hydrogen) atoms. The number of amides is 2. The number of carbonyl (C=O) groups is 2. The van der Waals surface area contributed by atoms with Crippen LogP contribution in [0.3, 0.4) is 0 Å². The number of aliphatic hydroxyl groups is 2. The number of hydrogen-bond acceptors (Lipinski definition) is 7. The molecule has 17 heteroatoms. The molecule has 1 fully saturated rings. The summed E-state index contributed by atoms with van der Waals surface area (Å²) in [5.41, 5.74) is -4.23. The number of alkyl halides is 6. The summed E-state index contributed by atoms with van der Waals surface area (Å²) >= 11 is 5.50. The van der Waals surface area contributed by atoms with E-state index in [2.05, 4.69) is 9.97 Å². The standard InChI is InChI=1S/C18H12ClF7N4O5/c1-29(10-3-2-7(20)13(19)28-10)16(34)35-12-6(17(21,22)23)4-9(18(24,25)26)27-14(12)30-5-8(31)11(32)15(30)33/h2-4,8,11,31-32H,5H2,1H3. The van der Waals surface area contributed by atoms with Crippen molar-refractivity contribution in [3.8, 4) is 5.75 Å². The molecule has 2 amide bonds. The Kier molecular flexibility index (Phi) is 6.84. The number of β-amino-alcohol motifs (C(OH)–C–C–N with tert-alkyl or cyclic N) is 1. The molecule has 2 aromatic rings. The number of carbonyl (C=O) groups excluding carboxylic acids is 2. The fourth-order valence-corrected chi connectivity index (χ4v) is 3.04. The minimum atomic E-state index is -5.55. The quantitative estimate of drug-likeness (QED) is 0.461. The first-order chi connectivity index (χ1) is 16.0. The third kappa shape index (κ3) is 5.23. The molecule has 0 aliphatic carbocycles. The maximum absolute atomic E-state index is 13.7. The zero-order valence-corrected chi connectivity index (χ0v) is 17.8. The van der Waals surface area contributed by atoms with Crippen LogP contribution in [0.25, 0.3) is 0 Å². The molecule has 0 bridgehead atoms. The number of aliphatic hydroxyl groups excluding tert-OH is 2. The number of hydrogen-bond donors (Lipinski definition) is 2.